The van der Waals surface area contributed by atoms with E-state index in [2.05, 4.69) is 5.32 Å². The van der Waals surface area contributed by atoms with E-state index >= 15 is 0 Å². The van der Waals surface area contributed by atoms with Crippen LogP contribution < -0.4 is 5.32 Å². The molecule has 0 saturated carbocycles. The van der Waals surface area contributed by atoms with E-state index in [0.717, 1.165) is 12.2 Å². The quantitative estimate of drug-likeness (QED) is 0.709. The zero-order valence-electron chi connectivity index (χ0n) is 7.62. The number of hydrogen-bond acceptors (Lipinski definition) is 2. The summed E-state index contributed by atoms with van der Waals surface area (Å²) in [5.74, 6) is 0. The highest BCUT2D eigenvalue weighted by atomic mass is 14.9. The molecule has 0 aliphatic carbocycles. The maximum atomic E-state index is 8.37. The van der Waals surface area contributed by atoms with Crippen molar-refractivity contribution in [3.05, 3.63) is 47.7 Å². The molecular weight excluding hydrogens is 160 g/mol. The van der Waals surface area contributed by atoms with Crippen molar-refractivity contribution in [2.24, 2.45) is 0 Å². The van der Waals surface area contributed by atoms with E-state index in [4.69, 9.17) is 5.26 Å². The monoisotopic (exact) mass is 172 g/mol. The van der Waals surface area contributed by atoms with Gasteiger partial charge in [-0.15, -0.1) is 0 Å². The number of nitrogens with one attached hydrogen (secondary N) is 1. The highest BCUT2D eigenvalue weighted by Gasteiger charge is 1.90. The molecule has 0 aliphatic rings. The molecule has 0 heterocycles. The summed E-state index contributed by atoms with van der Waals surface area (Å²) in [7, 11) is 0. The average molecular weight is 172 g/mol. The smallest absolute Gasteiger partial charge is 0.0930 e. The topological polar surface area (TPSA) is 35.8 Å². The van der Waals surface area contributed by atoms with E-state index in [1.165, 1.54) is 11.6 Å². The van der Waals surface area contributed by atoms with Gasteiger partial charge in [0.05, 0.1) is 6.07 Å². The summed E-state index contributed by atoms with van der Waals surface area (Å²) in [5, 5.41) is 11.5. The summed E-state index contributed by atoms with van der Waals surface area (Å²) in [4.78, 5) is 0. The van der Waals surface area contributed by atoms with Crippen LogP contribution in [0.3, 0.4) is 0 Å². The fourth-order valence-electron chi connectivity index (χ4n) is 0.985. The molecular formula is C11H12N2. The molecule has 1 aromatic carbocycles. The molecule has 0 saturated heterocycles. The first-order chi connectivity index (χ1) is 6.33. The molecule has 2 heteroatoms. The molecule has 0 amide bonds. The van der Waals surface area contributed by atoms with Gasteiger partial charge in [-0.3, -0.25) is 0 Å². The summed E-state index contributed by atoms with van der Waals surface area (Å²) in [6, 6.07) is 12.1. The van der Waals surface area contributed by atoms with Crippen LogP contribution in [-0.2, 0) is 6.54 Å². The van der Waals surface area contributed by atoms with Gasteiger partial charge in [0.1, 0.15) is 0 Å². The zero-order chi connectivity index (χ0) is 9.52. The molecule has 0 aromatic heterocycles. The first-order valence-electron chi connectivity index (χ1n) is 4.17. The van der Waals surface area contributed by atoms with Crippen LogP contribution in [0.15, 0.2) is 42.1 Å². The molecule has 1 N–H and O–H groups in total. The number of rotatable bonds is 3. The Morgan fingerprint density at radius 1 is 1.46 bits per heavy atom. The van der Waals surface area contributed by atoms with Gasteiger partial charge >= 0.3 is 0 Å². The fraction of sp³-hybridized carbons (Fsp3) is 0.182. The van der Waals surface area contributed by atoms with Crippen molar-refractivity contribution in [1.82, 2.24) is 5.32 Å². The minimum atomic E-state index is 0.769. The molecule has 0 aliphatic heterocycles. The van der Waals surface area contributed by atoms with Crippen molar-refractivity contribution in [1.29, 1.82) is 5.26 Å². The van der Waals surface area contributed by atoms with Crippen molar-refractivity contribution in [2.75, 3.05) is 0 Å². The van der Waals surface area contributed by atoms with Crippen molar-refractivity contribution in [3.63, 3.8) is 0 Å². The number of allylic oxidation sites excluding steroid dienone is 2. The molecule has 0 radical (unpaired) electrons. The summed E-state index contributed by atoms with van der Waals surface area (Å²) in [5.41, 5.74) is 2.11. The van der Waals surface area contributed by atoms with E-state index in [1.54, 1.807) is 0 Å². The Kier molecular flexibility index (Phi) is 3.59. The van der Waals surface area contributed by atoms with Crippen LogP contribution >= 0.6 is 0 Å². The van der Waals surface area contributed by atoms with Gasteiger partial charge in [0.15, 0.2) is 0 Å². The van der Waals surface area contributed by atoms with E-state index in [1.807, 2.05) is 43.3 Å². The molecule has 13 heavy (non-hydrogen) atoms. The largest absolute Gasteiger partial charge is 0.384 e. The number of hydrogen-bond donors (Lipinski definition) is 1. The van der Waals surface area contributed by atoms with Gasteiger partial charge in [-0.1, -0.05) is 30.3 Å². The zero-order valence-corrected chi connectivity index (χ0v) is 7.62. The number of nitrogens with zero attached hydrogens (tertiary/aromatic N) is 1. The van der Waals surface area contributed by atoms with Crippen molar-refractivity contribution < 1.29 is 0 Å². The summed E-state index contributed by atoms with van der Waals surface area (Å²) in [6.07, 6.45) is 1.50. The standard InChI is InChI=1S/C11H12N2/c1-10(7-8-12)13-9-11-5-3-2-4-6-11/h2-7,13H,9H2,1H3/b10-7-. The Labute approximate surface area is 78.5 Å². The number of nitriles is 1. The van der Waals surface area contributed by atoms with Gasteiger partial charge < -0.3 is 5.32 Å². The van der Waals surface area contributed by atoms with Crippen LogP contribution in [0, 0.1) is 11.3 Å². The molecule has 0 atom stereocenters. The third kappa shape index (κ3) is 3.44. The summed E-state index contributed by atoms with van der Waals surface area (Å²) in [6.45, 7) is 2.65. The SMILES string of the molecule is C/C(=C/C#N)NCc1ccccc1. The Bertz CT molecular complexity index is 320. The lowest BCUT2D eigenvalue weighted by Crippen LogP contribution is -2.09. The molecule has 0 spiro atoms. The average Bonchev–Trinajstić information content (AvgIpc) is 2.17. The highest BCUT2D eigenvalue weighted by Crippen LogP contribution is 1.98. The molecule has 1 rings (SSSR count). The van der Waals surface area contributed by atoms with Gasteiger partial charge in [-0.25, -0.2) is 0 Å². The van der Waals surface area contributed by atoms with Crippen LogP contribution in [0.1, 0.15) is 12.5 Å². The van der Waals surface area contributed by atoms with Gasteiger partial charge in [-0.05, 0) is 12.5 Å². The van der Waals surface area contributed by atoms with Crippen LogP contribution in [0.5, 0.6) is 0 Å². The third-order valence-electron chi connectivity index (χ3n) is 1.70. The Morgan fingerprint density at radius 2 is 2.15 bits per heavy atom. The van der Waals surface area contributed by atoms with E-state index < -0.39 is 0 Å². The van der Waals surface area contributed by atoms with Crippen molar-refractivity contribution in [3.8, 4) is 6.07 Å². The maximum Gasteiger partial charge on any atom is 0.0930 e. The van der Waals surface area contributed by atoms with Crippen molar-refractivity contribution >= 4 is 0 Å². The second-order valence-electron chi connectivity index (χ2n) is 2.80. The predicted octanol–water partition coefficient (Wildman–Crippen LogP) is 2.20. The molecule has 66 valence electrons. The maximum absolute atomic E-state index is 8.37. The Morgan fingerprint density at radius 3 is 2.77 bits per heavy atom. The molecule has 2 nitrogen and oxygen atoms in total. The first kappa shape index (κ1) is 9.34. The normalized spacial score (nSPS) is 10.6. The first-order valence-corrected chi connectivity index (χ1v) is 4.17. The molecule has 0 fully saturated rings. The third-order valence-corrected chi connectivity index (χ3v) is 1.70. The van der Waals surface area contributed by atoms with Crippen LogP contribution in [0.2, 0.25) is 0 Å². The predicted molar refractivity (Wildman–Crippen MR) is 52.7 cm³/mol. The molecule has 0 unspecified atom stereocenters. The van der Waals surface area contributed by atoms with Crippen LogP contribution in [0.25, 0.3) is 0 Å². The lowest BCUT2D eigenvalue weighted by atomic mass is 10.2. The van der Waals surface area contributed by atoms with Gasteiger partial charge in [-0.2, -0.15) is 5.26 Å². The highest BCUT2D eigenvalue weighted by molar-refractivity contribution is 5.16. The number of benzene rings is 1. The summed E-state index contributed by atoms with van der Waals surface area (Å²) >= 11 is 0. The lowest BCUT2D eigenvalue weighted by molar-refractivity contribution is 0.812. The lowest BCUT2D eigenvalue weighted by Gasteiger charge is -2.04. The fourth-order valence-corrected chi connectivity index (χ4v) is 0.985. The van der Waals surface area contributed by atoms with Gasteiger partial charge in [0.2, 0.25) is 0 Å². The Balaban J connectivity index is 2.45. The minimum Gasteiger partial charge on any atom is -0.384 e. The minimum absolute atomic E-state index is 0.769. The van der Waals surface area contributed by atoms with E-state index in [9.17, 15) is 0 Å². The second kappa shape index (κ2) is 5.00. The van der Waals surface area contributed by atoms with E-state index in [-0.39, 0.29) is 0 Å². The van der Waals surface area contributed by atoms with Gasteiger partial charge in [0.25, 0.3) is 0 Å². The van der Waals surface area contributed by atoms with Crippen molar-refractivity contribution in [2.45, 2.75) is 13.5 Å². The van der Waals surface area contributed by atoms with E-state index in [0.29, 0.717) is 0 Å². The second-order valence-corrected chi connectivity index (χ2v) is 2.80. The van der Waals surface area contributed by atoms with Gasteiger partial charge in [0, 0.05) is 18.3 Å². The molecule has 0 bridgehead atoms. The Hall–Kier alpha value is -1.75. The van der Waals surface area contributed by atoms with Crippen LogP contribution in [0.4, 0.5) is 0 Å². The van der Waals surface area contributed by atoms with Crippen LogP contribution in [-0.4, -0.2) is 0 Å². The summed E-state index contributed by atoms with van der Waals surface area (Å²) < 4.78 is 0. The molecule has 1 aromatic rings.